The van der Waals surface area contributed by atoms with Crippen molar-refractivity contribution in [3.63, 3.8) is 0 Å². The van der Waals surface area contributed by atoms with Gasteiger partial charge in [-0.1, -0.05) is 48.5 Å². The van der Waals surface area contributed by atoms with Crippen LogP contribution in [0.3, 0.4) is 0 Å². The van der Waals surface area contributed by atoms with Crippen molar-refractivity contribution in [1.29, 1.82) is 0 Å². The lowest BCUT2D eigenvalue weighted by Crippen LogP contribution is -2.60. The molecule has 20 heavy (non-hydrogen) atoms. The number of hydrogen-bond acceptors (Lipinski definition) is 3. The van der Waals surface area contributed by atoms with E-state index in [0.717, 1.165) is 5.75 Å². The summed E-state index contributed by atoms with van der Waals surface area (Å²) in [5, 5.41) is 2.07. The van der Waals surface area contributed by atoms with Crippen molar-refractivity contribution >= 4 is 0 Å². The molecule has 3 heteroatoms. The van der Waals surface area contributed by atoms with Crippen molar-refractivity contribution in [2.24, 2.45) is 0 Å². The molecule has 2 heterocycles. The molecule has 2 aromatic carbocycles. The molecule has 0 bridgehead atoms. The molecule has 1 saturated heterocycles. The second-order valence-electron chi connectivity index (χ2n) is 5.34. The van der Waals surface area contributed by atoms with E-state index in [2.05, 4.69) is 53.6 Å². The highest BCUT2D eigenvalue weighted by molar-refractivity contribution is 5.44. The Balaban J connectivity index is 1.77. The lowest BCUT2D eigenvalue weighted by atomic mass is 9.73. The van der Waals surface area contributed by atoms with E-state index in [-0.39, 0.29) is 6.04 Å². The van der Waals surface area contributed by atoms with E-state index in [1.54, 1.807) is 7.11 Å². The number of ether oxygens (including phenoxy) is 1. The maximum absolute atomic E-state index is 5.85. The zero-order chi connectivity index (χ0) is 13.5. The fourth-order valence-corrected chi connectivity index (χ4v) is 3.50. The first-order valence-electron chi connectivity index (χ1n) is 6.99. The van der Waals surface area contributed by atoms with Gasteiger partial charge in [0.05, 0.1) is 19.2 Å². The summed E-state index contributed by atoms with van der Waals surface area (Å²) in [6, 6.07) is 19.5. The van der Waals surface area contributed by atoms with E-state index < -0.39 is 0 Å². The van der Waals surface area contributed by atoms with E-state index in [4.69, 9.17) is 9.57 Å². The lowest BCUT2D eigenvalue weighted by Gasteiger charge is -2.55. The monoisotopic (exact) mass is 267 g/mol. The van der Waals surface area contributed by atoms with Gasteiger partial charge in [-0.3, -0.25) is 0 Å². The van der Waals surface area contributed by atoms with Crippen LogP contribution in [-0.4, -0.2) is 24.8 Å². The summed E-state index contributed by atoms with van der Waals surface area (Å²) >= 11 is 0. The minimum absolute atomic E-state index is 0.274. The SMILES string of the molecule is CON1C2COc3ccccc3C2[C@H]1c1ccccc1. The van der Waals surface area contributed by atoms with Gasteiger partial charge in [0.1, 0.15) is 12.4 Å². The van der Waals surface area contributed by atoms with Crippen LogP contribution in [0.1, 0.15) is 23.1 Å². The van der Waals surface area contributed by atoms with Gasteiger partial charge in [0.15, 0.2) is 0 Å². The van der Waals surface area contributed by atoms with Gasteiger partial charge < -0.3 is 9.57 Å². The van der Waals surface area contributed by atoms with Crippen LogP contribution in [0.15, 0.2) is 54.6 Å². The Labute approximate surface area is 118 Å². The number of para-hydroxylation sites is 1. The van der Waals surface area contributed by atoms with Crippen LogP contribution in [0.25, 0.3) is 0 Å². The van der Waals surface area contributed by atoms with Crippen LogP contribution in [0.5, 0.6) is 5.75 Å². The third kappa shape index (κ3) is 1.60. The van der Waals surface area contributed by atoms with E-state index in [1.807, 2.05) is 6.07 Å². The molecule has 4 rings (SSSR count). The van der Waals surface area contributed by atoms with Gasteiger partial charge in [-0.15, -0.1) is 0 Å². The quantitative estimate of drug-likeness (QED) is 0.834. The molecule has 0 N–H and O–H groups in total. The predicted molar refractivity (Wildman–Crippen MR) is 76.5 cm³/mol. The molecule has 0 aromatic heterocycles. The molecule has 0 spiro atoms. The molecule has 3 nitrogen and oxygen atoms in total. The number of hydrogen-bond donors (Lipinski definition) is 0. The molecular formula is C17H17NO2. The maximum atomic E-state index is 5.85. The van der Waals surface area contributed by atoms with Gasteiger partial charge in [-0.05, 0) is 11.6 Å². The van der Waals surface area contributed by atoms with Gasteiger partial charge in [-0.2, -0.15) is 5.06 Å². The molecule has 0 aliphatic carbocycles. The van der Waals surface area contributed by atoms with Crippen LogP contribution >= 0.6 is 0 Å². The summed E-state index contributed by atoms with van der Waals surface area (Å²) < 4.78 is 5.85. The minimum Gasteiger partial charge on any atom is -0.492 e. The van der Waals surface area contributed by atoms with Crippen molar-refractivity contribution in [2.75, 3.05) is 13.7 Å². The highest BCUT2D eigenvalue weighted by Gasteiger charge is 2.53. The van der Waals surface area contributed by atoms with Gasteiger partial charge in [-0.25, -0.2) is 0 Å². The van der Waals surface area contributed by atoms with E-state index in [1.165, 1.54) is 11.1 Å². The smallest absolute Gasteiger partial charge is 0.122 e. The Bertz CT molecular complexity index is 613. The van der Waals surface area contributed by atoms with Crippen LogP contribution in [0, 0.1) is 0 Å². The molecule has 0 amide bonds. The summed E-state index contributed by atoms with van der Waals surface area (Å²) in [6.07, 6.45) is 0. The molecule has 1 fully saturated rings. The molecule has 0 radical (unpaired) electrons. The Kier molecular flexibility index (Phi) is 2.76. The average Bonchev–Trinajstić information content (AvgIpc) is 2.49. The highest BCUT2D eigenvalue weighted by Crippen LogP contribution is 2.54. The zero-order valence-corrected chi connectivity index (χ0v) is 11.4. The fraction of sp³-hybridized carbons (Fsp3) is 0.294. The van der Waals surface area contributed by atoms with Crippen molar-refractivity contribution < 1.29 is 9.57 Å². The molecule has 2 aliphatic heterocycles. The molecule has 2 unspecified atom stereocenters. The average molecular weight is 267 g/mol. The summed E-state index contributed by atoms with van der Waals surface area (Å²) in [4.78, 5) is 5.59. The van der Waals surface area contributed by atoms with E-state index in [9.17, 15) is 0 Å². The summed E-state index contributed by atoms with van der Waals surface area (Å²) in [5.41, 5.74) is 2.60. The van der Waals surface area contributed by atoms with Gasteiger partial charge in [0, 0.05) is 11.5 Å². The molecule has 0 saturated carbocycles. The summed E-state index contributed by atoms with van der Waals surface area (Å²) in [6.45, 7) is 0.693. The number of fused-ring (bicyclic) bond motifs is 3. The third-order valence-corrected chi connectivity index (χ3v) is 4.40. The molecule has 2 aliphatic rings. The van der Waals surface area contributed by atoms with Gasteiger partial charge in [0.25, 0.3) is 0 Å². The topological polar surface area (TPSA) is 21.7 Å². The van der Waals surface area contributed by atoms with E-state index in [0.29, 0.717) is 18.6 Å². The normalized spacial score (nSPS) is 27.9. The Hall–Kier alpha value is -1.84. The summed E-state index contributed by atoms with van der Waals surface area (Å²) in [7, 11) is 1.74. The lowest BCUT2D eigenvalue weighted by molar-refractivity contribution is -0.273. The zero-order valence-electron chi connectivity index (χ0n) is 11.4. The molecular weight excluding hydrogens is 250 g/mol. The highest BCUT2D eigenvalue weighted by atomic mass is 16.7. The standard InChI is InChI=1S/C17H17NO2/c1-19-18-14-11-20-15-10-6-5-9-13(15)16(14)17(18)12-7-3-2-4-8-12/h2-10,14,16-17H,11H2,1H3/t14?,16?,17-/m1/s1. The Morgan fingerprint density at radius 1 is 1.05 bits per heavy atom. The molecule has 2 aromatic rings. The van der Waals surface area contributed by atoms with Gasteiger partial charge >= 0.3 is 0 Å². The van der Waals surface area contributed by atoms with E-state index >= 15 is 0 Å². The largest absolute Gasteiger partial charge is 0.492 e. The van der Waals surface area contributed by atoms with Crippen molar-refractivity contribution in [3.05, 3.63) is 65.7 Å². The van der Waals surface area contributed by atoms with Crippen LogP contribution in [-0.2, 0) is 4.84 Å². The van der Waals surface area contributed by atoms with Crippen molar-refractivity contribution in [2.45, 2.75) is 18.0 Å². The first-order valence-corrected chi connectivity index (χ1v) is 6.99. The second kappa shape index (κ2) is 4.62. The fourth-order valence-electron chi connectivity index (χ4n) is 3.50. The van der Waals surface area contributed by atoms with Crippen LogP contribution < -0.4 is 4.74 Å². The van der Waals surface area contributed by atoms with Crippen molar-refractivity contribution in [1.82, 2.24) is 5.06 Å². The predicted octanol–water partition coefficient (Wildman–Crippen LogP) is 3.15. The molecule has 3 atom stereocenters. The first kappa shape index (κ1) is 11.9. The Morgan fingerprint density at radius 3 is 2.60 bits per heavy atom. The first-order chi connectivity index (χ1) is 9.90. The Morgan fingerprint density at radius 2 is 1.80 bits per heavy atom. The number of nitrogens with zero attached hydrogens (tertiary/aromatic N) is 1. The summed E-state index contributed by atoms with van der Waals surface area (Å²) in [5.74, 6) is 1.47. The van der Waals surface area contributed by atoms with Gasteiger partial charge in [0.2, 0.25) is 0 Å². The third-order valence-electron chi connectivity index (χ3n) is 4.40. The van der Waals surface area contributed by atoms with Crippen LogP contribution in [0.2, 0.25) is 0 Å². The number of rotatable bonds is 2. The van der Waals surface area contributed by atoms with Crippen LogP contribution in [0.4, 0.5) is 0 Å². The number of hydroxylamine groups is 2. The second-order valence-corrected chi connectivity index (χ2v) is 5.34. The minimum atomic E-state index is 0.274. The maximum Gasteiger partial charge on any atom is 0.122 e. The van der Waals surface area contributed by atoms with Crippen molar-refractivity contribution in [3.8, 4) is 5.75 Å². The molecule has 102 valence electrons. The number of benzene rings is 2.